The molecule has 8 heteroatoms. The molecule has 0 unspecified atom stereocenters. The van der Waals surface area contributed by atoms with Gasteiger partial charge >= 0.3 is 0 Å². The van der Waals surface area contributed by atoms with Crippen LogP contribution in [0.2, 0.25) is 0 Å². The molecule has 0 spiro atoms. The topological polar surface area (TPSA) is 58.2 Å². The molecule has 0 amide bonds. The largest absolute Gasteiger partial charge is 0.312 e. The van der Waals surface area contributed by atoms with Crippen molar-refractivity contribution in [1.29, 1.82) is 0 Å². The van der Waals surface area contributed by atoms with Crippen molar-refractivity contribution in [2.75, 3.05) is 11.3 Å². The van der Waals surface area contributed by atoms with Crippen molar-refractivity contribution in [2.24, 2.45) is 0 Å². The summed E-state index contributed by atoms with van der Waals surface area (Å²) in [5.41, 5.74) is -0.0798. The van der Waals surface area contributed by atoms with E-state index < -0.39 is 15.8 Å². The quantitative estimate of drug-likeness (QED) is 0.789. The average molecular weight is 393 g/mol. The second-order valence-corrected chi connectivity index (χ2v) is 7.85. The van der Waals surface area contributed by atoms with E-state index in [4.69, 9.17) is 0 Å². The normalized spacial score (nSPS) is 11.6. The van der Waals surface area contributed by atoms with Gasteiger partial charge in [-0.1, -0.05) is 22.9 Å². The van der Waals surface area contributed by atoms with Crippen LogP contribution in [0.1, 0.15) is 11.8 Å². The summed E-state index contributed by atoms with van der Waals surface area (Å²) in [6.07, 6.45) is 0. The van der Waals surface area contributed by atoms with Gasteiger partial charge in [0.05, 0.1) is 10.6 Å². The number of thiophene rings is 1. The van der Waals surface area contributed by atoms with Gasteiger partial charge in [-0.15, -0.1) is 11.3 Å². The van der Waals surface area contributed by atoms with Gasteiger partial charge in [0.2, 0.25) is 0 Å². The van der Waals surface area contributed by atoms with Crippen LogP contribution in [0.4, 0.5) is 10.1 Å². The van der Waals surface area contributed by atoms with Gasteiger partial charge in [-0.2, -0.15) is 0 Å². The van der Waals surface area contributed by atoms with Crippen LogP contribution in [0, 0.1) is 5.82 Å². The third-order valence-corrected chi connectivity index (χ3v) is 5.59. The lowest BCUT2D eigenvalue weighted by Gasteiger charge is -2.08. The third kappa shape index (κ3) is 4.26. The van der Waals surface area contributed by atoms with Gasteiger partial charge in [0, 0.05) is 21.3 Å². The molecule has 1 aromatic carbocycles. The lowest BCUT2D eigenvalue weighted by Crippen LogP contribution is -2.13. The molecule has 1 aromatic heterocycles. The molecule has 1 heterocycles. The van der Waals surface area contributed by atoms with E-state index in [2.05, 4.69) is 26.0 Å². The highest BCUT2D eigenvalue weighted by Gasteiger charge is 2.18. The summed E-state index contributed by atoms with van der Waals surface area (Å²) in [5.74, 6) is -0.620. The molecule has 114 valence electrons. The van der Waals surface area contributed by atoms with Crippen LogP contribution in [0.3, 0.4) is 0 Å². The van der Waals surface area contributed by atoms with Gasteiger partial charge in [0.15, 0.2) is 0 Å². The van der Waals surface area contributed by atoms with E-state index in [1.807, 2.05) is 6.92 Å². The number of hydrogen-bond acceptors (Lipinski definition) is 4. The predicted molar refractivity (Wildman–Crippen MR) is 86.6 cm³/mol. The Morgan fingerprint density at radius 1 is 1.33 bits per heavy atom. The van der Waals surface area contributed by atoms with E-state index in [0.717, 1.165) is 11.4 Å². The molecule has 0 atom stereocenters. The van der Waals surface area contributed by atoms with Gasteiger partial charge in [0.25, 0.3) is 10.0 Å². The minimum atomic E-state index is -3.78. The molecule has 2 N–H and O–H groups in total. The Morgan fingerprint density at radius 3 is 2.81 bits per heavy atom. The van der Waals surface area contributed by atoms with Crippen LogP contribution < -0.4 is 10.0 Å². The summed E-state index contributed by atoms with van der Waals surface area (Å²) in [5, 5.41) is 4.67. The predicted octanol–water partition coefficient (Wildman–Crippen LogP) is 3.56. The molecule has 0 saturated carbocycles. The first-order valence-electron chi connectivity index (χ1n) is 6.18. The van der Waals surface area contributed by atoms with E-state index in [1.165, 1.54) is 29.5 Å². The molecule has 0 aliphatic heterocycles. The van der Waals surface area contributed by atoms with E-state index >= 15 is 0 Å². The Labute approximate surface area is 135 Å². The molecular formula is C13H14BrFN2O2S2. The van der Waals surface area contributed by atoms with Crippen LogP contribution in [0.5, 0.6) is 0 Å². The smallest absolute Gasteiger partial charge is 0.262 e. The zero-order valence-corrected chi connectivity index (χ0v) is 14.4. The van der Waals surface area contributed by atoms with Crippen molar-refractivity contribution < 1.29 is 12.8 Å². The average Bonchev–Trinajstić information content (AvgIpc) is 2.90. The zero-order chi connectivity index (χ0) is 15.5. The van der Waals surface area contributed by atoms with Gasteiger partial charge in [-0.3, -0.25) is 4.72 Å². The summed E-state index contributed by atoms with van der Waals surface area (Å²) < 4.78 is 41.0. The fourth-order valence-electron chi connectivity index (χ4n) is 1.62. The van der Waals surface area contributed by atoms with Crippen molar-refractivity contribution in [3.8, 4) is 0 Å². The van der Waals surface area contributed by atoms with Gasteiger partial charge in [-0.25, -0.2) is 12.8 Å². The van der Waals surface area contributed by atoms with Crippen LogP contribution in [0.25, 0.3) is 0 Å². The second-order valence-electron chi connectivity index (χ2n) is 4.26. The number of rotatable bonds is 6. The number of hydrogen-bond donors (Lipinski definition) is 2. The summed E-state index contributed by atoms with van der Waals surface area (Å²) in [6.45, 7) is 3.40. The number of nitrogens with one attached hydrogen (secondary N) is 2. The first-order valence-corrected chi connectivity index (χ1v) is 9.34. The Morgan fingerprint density at radius 2 is 2.10 bits per heavy atom. The van der Waals surface area contributed by atoms with Gasteiger partial charge < -0.3 is 5.32 Å². The van der Waals surface area contributed by atoms with E-state index in [9.17, 15) is 12.8 Å². The molecule has 2 rings (SSSR count). The molecule has 4 nitrogen and oxygen atoms in total. The van der Waals surface area contributed by atoms with Crippen molar-refractivity contribution in [3.63, 3.8) is 0 Å². The first-order chi connectivity index (χ1) is 9.92. The maximum atomic E-state index is 13.6. The fourth-order valence-corrected chi connectivity index (χ4v) is 4.29. The first kappa shape index (κ1) is 16.4. The minimum absolute atomic E-state index is 0.0798. The molecule has 0 aliphatic rings. The maximum Gasteiger partial charge on any atom is 0.262 e. The van der Waals surface area contributed by atoms with Crippen LogP contribution in [0.15, 0.2) is 39.0 Å². The third-order valence-electron chi connectivity index (χ3n) is 2.66. The Hall–Kier alpha value is -0.960. The van der Waals surface area contributed by atoms with Crippen molar-refractivity contribution in [2.45, 2.75) is 18.4 Å². The Kier molecular flexibility index (Phi) is 5.37. The lowest BCUT2D eigenvalue weighted by atomic mass is 10.3. The minimum Gasteiger partial charge on any atom is -0.312 e. The molecule has 0 saturated heterocycles. The van der Waals surface area contributed by atoms with E-state index in [-0.39, 0.29) is 10.6 Å². The second kappa shape index (κ2) is 6.87. The van der Waals surface area contributed by atoms with Gasteiger partial charge in [0.1, 0.15) is 5.82 Å². The van der Waals surface area contributed by atoms with Crippen molar-refractivity contribution in [3.05, 3.63) is 44.8 Å². The van der Waals surface area contributed by atoms with Crippen LogP contribution in [-0.4, -0.2) is 15.0 Å². The summed E-state index contributed by atoms with van der Waals surface area (Å²) in [7, 11) is -3.78. The number of benzene rings is 1. The SMILES string of the molecule is CCNCc1cc(S(=O)(=O)Nc2cc(Br)ccc2F)cs1. The van der Waals surface area contributed by atoms with E-state index in [0.29, 0.717) is 11.0 Å². The Bertz CT molecular complexity index is 732. The number of halogens is 2. The van der Waals surface area contributed by atoms with Gasteiger partial charge in [-0.05, 0) is 30.8 Å². The zero-order valence-electron chi connectivity index (χ0n) is 11.2. The molecule has 0 aliphatic carbocycles. The Balaban J connectivity index is 2.22. The monoisotopic (exact) mass is 392 g/mol. The number of anilines is 1. The summed E-state index contributed by atoms with van der Waals surface area (Å²) in [4.78, 5) is 1.05. The molecular weight excluding hydrogens is 379 g/mol. The standard InChI is InChI=1S/C13H14BrFN2O2S2/c1-2-16-7-10-6-11(8-20-10)21(18,19)17-13-5-9(14)3-4-12(13)15/h3-6,8,16-17H,2,7H2,1H3. The molecule has 2 aromatic rings. The maximum absolute atomic E-state index is 13.6. The van der Waals surface area contributed by atoms with Crippen molar-refractivity contribution >= 4 is 43.0 Å². The molecule has 21 heavy (non-hydrogen) atoms. The lowest BCUT2D eigenvalue weighted by molar-refractivity contribution is 0.598. The summed E-state index contributed by atoms with van der Waals surface area (Å²) >= 11 is 4.53. The number of sulfonamides is 1. The van der Waals surface area contributed by atoms with Crippen LogP contribution >= 0.6 is 27.3 Å². The van der Waals surface area contributed by atoms with E-state index in [1.54, 1.807) is 11.4 Å². The highest BCUT2D eigenvalue weighted by Crippen LogP contribution is 2.25. The van der Waals surface area contributed by atoms with Crippen molar-refractivity contribution in [1.82, 2.24) is 5.32 Å². The van der Waals surface area contributed by atoms with Crippen LogP contribution in [-0.2, 0) is 16.6 Å². The highest BCUT2D eigenvalue weighted by molar-refractivity contribution is 9.10. The summed E-state index contributed by atoms with van der Waals surface area (Å²) in [6, 6.07) is 5.68. The molecule has 0 bridgehead atoms. The molecule has 0 fully saturated rings. The fraction of sp³-hybridized carbons (Fsp3) is 0.231. The molecule has 0 radical (unpaired) electrons. The highest BCUT2D eigenvalue weighted by atomic mass is 79.9.